The molecule has 0 saturated carbocycles. The summed E-state index contributed by atoms with van der Waals surface area (Å²) < 4.78 is 11.2. The average molecular weight is 316 g/mol. The lowest BCUT2D eigenvalue weighted by atomic mass is 9.90. The Labute approximate surface area is 143 Å². The van der Waals surface area contributed by atoms with E-state index in [0.29, 0.717) is 0 Å². The minimum absolute atomic E-state index is 0.815. The third-order valence-corrected chi connectivity index (χ3v) is 4.65. The fourth-order valence-electron chi connectivity index (χ4n) is 3.33. The molecule has 4 aliphatic carbocycles. The van der Waals surface area contributed by atoms with Crippen molar-refractivity contribution in [1.82, 2.24) is 0 Å². The molecule has 0 fully saturated rings. The highest BCUT2D eigenvalue weighted by atomic mass is 16.5. The standard InChI is InChI=1S/C22H20O2/c1-5-15-11-19-10-8-18-14-22(24-4)20(12-16(18)6-2)9-7-17(15)13-21(19)23-3/h1-2,11-14H,7-10H2,3-4H3. The quantitative estimate of drug-likeness (QED) is 0.789. The van der Waals surface area contributed by atoms with Crippen LogP contribution in [-0.2, 0) is 25.7 Å². The third kappa shape index (κ3) is 2.84. The van der Waals surface area contributed by atoms with Gasteiger partial charge >= 0.3 is 0 Å². The van der Waals surface area contributed by atoms with Crippen LogP contribution in [0.2, 0.25) is 0 Å². The van der Waals surface area contributed by atoms with Crippen LogP contribution in [0.3, 0.4) is 0 Å². The Balaban J connectivity index is 2.16. The van der Waals surface area contributed by atoms with Crippen molar-refractivity contribution in [1.29, 1.82) is 0 Å². The number of rotatable bonds is 2. The van der Waals surface area contributed by atoms with E-state index in [-0.39, 0.29) is 0 Å². The van der Waals surface area contributed by atoms with Gasteiger partial charge in [-0.15, -0.1) is 12.8 Å². The summed E-state index contributed by atoms with van der Waals surface area (Å²) in [6, 6.07) is 8.31. The molecule has 4 aliphatic rings. The van der Waals surface area contributed by atoms with Gasteiger partial charge in [0.2, 0.25) is 0 Å². The Bertz CT molecular complexity index is 790. The lowest BCUT2D eigenvalue weighted by Gasteiger charge is -2.18. The van der Waals surface area contributed by atoms with E-state index in [1.54, 1.807) is 14.2 Å². The number of aryl methyl sites for hydroxylation is 4. The molecule has 6 rings (SSSR count). The first kappa shape index (κ1) is 16.0. The summed E-state index contributed by atoms with van der Waals surface area (Å²) in [7, 11) is 3.40. The molecule has 2 aromatic rings. The van der Waals surface area contributed by atoms with Gasteiger partial charge in [0.25, 0.3) is 0 Å². The number of ether oxygens (including phenoxy) is 2. The number of hydrogen-bond acceptors (Lipinski definition) is 2. The van der Waals surface area contributed by atoms with Crippen molar-refractivity contribution >= 4 is 0 Å². The highest BCUT2D eigenvalue weighted by Crippen LogP contribution is 2.31. The molecule has 0 saturated heterocycles. The van der Waals surface area contributed by atoms with Crippen molar-refractivity contribution < 1.29 is 9.47 Å². The summed E-state index contributed by atoms with van der Waals surface area (Å²) in [6.07, 6.45) is 14.7. The molecular formula is C22H20O2. The molecule has 0 unspecified atom stereocenters. The van der Waals surface area contributed by atoms with Crippen LogP contribution in [0.25, 0.3) is 0 Å². The molecule has 0 N–H and O–H groups in total. The molecule has 120 valence electrons. The van der Waals surface area contributed by atoms with Crippen molar-refractivity contribution in [3.05, 3.63) is 57.6 Å². The van der Waals surface area contributed by atoms with Gasteiger partial charge in [0.15, 0.2) is 0 Å². The topological polar surface area (TPSA) is 18.5 Å². The van der Waals surface area contributed by atoms with Crippen molar-refractivity contribution in [2.75, 3.05) is 14.2 Å². The molecular weight excluding hydrogens is 296 g/mol. The van der Waals surface area contributed by atoms with Gasteiger partial charge in [-0.1, -0.05) is 11.8 Å². The zero-order valence-electron chi connectivity index (χ0n) is 14.1. The van der Waals surface area contributed by atoms with Crippen LogP contribution in [0.1, 0.15) is 33.4 Å². The minimum atomic E-state index is 0.815. The number of benzene rings is 2. The van der Waals surface area contributed by atoms with E-state index in [9.17, 15) is 0 Å². The van der Waals surface area contributed by atoms with E-state index in [1.807, 2.05) is 0 Å². The summed E-state index contributed by atoms with van der Waals surface area (Å²) in [6.45, 7) is 0. The van der Waals surface area contributed by atoms with Gasteiger partial charge in [-0.05, 0) is 72.2 Å². The van der Waals surface area contributed by atoms with Crippen LogP contribution in [0.5, 0.6) is 11.5 Å². The van der Waals surface area contributed by atoms with Crippen molar-refractivity contribution in [3.8, 4) is 36.2 Å². The van der Waals surface area contributed by atoms with Gasteiger partial charge in [0.05, 0.1) is 14.2 Å². The highest BCUT2D eigenvalue weighted by molar-refractivity contribution is 5.53. The molecule has 0 radical (unpaired) electrons. The SMILES string of the molecule is C#Cc1cc2c(OC)cc1CCc1cc(C#C)c(cc1OC)CC2. The summed E-state index contributed by atoms with van der Waals surface area (Å²) in [5.41, 5.74) is 6.34. The number of terminal acetylenes is 2. The zero-order chi connectivity index (χ0) is 17.1. The molecule has 4 bridgehead atoms. The van der Waals surface area contributed by atoms with E-state index in [2.05, 4.69) is 36.1 Å². The Kier molecular flexibility index (Phi) is 4.50. The molecule has 24 heavy (non-hydrogen) atoms. The van der Waals surface area contributed by atoms with E-state index < -0.39 is 0 Å². The molecule has 0 aromatic heterocycles. The highest BCUT2D eigenvalue weighted by Gasteiger charge is 2.16. The molecule has 0 aliphatic heterocycles. The molecule has 0 spiro atoms. The first-order chi connectivity index (χ1) is 11.7. The van der Waals surface area contributed by atoms with Gasteiger partial charge < -0.3 is 9.47 Å². The third-order valence-electron chi connectivity index (χ3n) is 4.65. The van der Waals surface area contributed by atoms with Crippen LogP contribution in [0.15, 0.2) is 24.3 Å². The molecule has 2 heteroatoms. The number of hydrogen-bond donors (Lipinski definition) is 0. The van der Waals surface area contributed by atoms with Gasteiger partial charge in [-0.2, -0.15) is 0 Å². The van der Waals surface area contributed by atoms with Gasteiger partial charge in [0, 0.05) is 11.1 Å². The lowest BCUT2D eigenvalue weighted by Crippen LogP contribution is -2.06. The lowest BCUT2D eigenvalue weighted by molar-refractivity contribution is 0.406. The first-order valence-corrected chi connectivity index (χ1v) is 8.03. The predicted molar refractivity (Wildman–Crippen MR) is 96.7 cm³/mol. The van der Waals surface area contributed by atoms with E-state index in [4.69, 9.17) is 22.3 Å². The maximum atomic E-state index is 5.72. The smallest absolute Gasteiger partial charge is 0.122 e. The van der Waals surface area contributed by atoms with Gasteiger partial charge in [0.1, 0.15) is 11.5 Å². The Morgan fingerprint density at radius 2 is 1.04 bits per heavy atom. The van der Waals surface area contributed by atoms with Crippen LogP contribution in [-0.4, -0.2) is 14.2 Å². The second-order valence-electron chi connectivity index (χ2n) is 5.93. The van der Waals surface area contributed by atoms with E-state index in [0.717, 1.165) is 70.6 Å². The summed E-state index contributed by atoms with van der Waals surface area (Å²) in [5.74, 6) is 7.42. The number of methoxy groups -OCH3 is 2. The van der Waals surface area contributed by atoms with Gasteiger partial charge in [-0.25, -0.2) is 0 Å². The second kappa shape index (κ2) is 6.73. The fourth-order valence-corrected chi connectivity index (χ4v) is 3.33. The van der Waals surface area contributed by atoms with Crippen LogP contribution in [0, 0.1) is 24.7 Å². The molecule has 2 nitrogen and oxygen atoms in total. The maximum Gasteiger partial charge on any atom is 0.122 e. The first-order valence-electron chi connectivity index (χ1n) is 8.03. The van der Waals surface area contributed by atoms with E-state index in [1.165, 1.54) is 0 Å². The predicted octanol–water partition coefficient (Wildman–Crippen LogP) is 3.55. The summed E-state index contributed by atoms with van der Waals surface area (Å²) in [5, 5.41) is 0. The largest absolute Gasteiger partial charge is 0.496 e. The van der Waals surface area contributed by atoms with Gasteiger partial charge in [-0.3, -0.25) is 0 Å². The molecule has 0 heterocycles. The van der Waals surface area contributed by atoms with Crippen LogP contribution in [0.4, 0.5) is 0 Å². The van der Waals surface area contributed by atoms with Crippen molar-refractivity contribution in [2.24, 2.45) is 0 Å². The normalized spacial score (nSPS) is 12.7. The Morgan fingerprint density at radius 3 is 1.38 bits per heavy atom. The van der Waals surface area contributed by atoms with Crippen LogP contribution < -0.4 is 9.47 Å². The molecule has 2 aromatic carbocycles. The Morgan fingerprint density at radius 1 is 0.667 bits per heavy atom. The molecule has 0 atom stereocenters. The zero-order valence-corrected chi connectivity index (χ0v) is 14.1. The maximum absolute atomic E-state index is 5.72. The minimum Gasteiger partial charge on any atom is -0.496 e. The molecule has 0 amide bonds. The summed E-state index contributed by atoms with van der Waals surface area (Å²) in [4.78, 5) is 0. The van der Waals surface area contributed by atoms with E-state index >= 15 is 0 Å². The van der Waals surface area contributed by atoms with Crippen molar-refractivity contribution in [3.63, 3.8) is 0 Å². The Hall–Kier alpha value is -2.84. The second-order valence-corrected chi connectivity index (χ2v) is 5.93. The van der Waals surface area contributed by atoms with Crippen molar-refractivity contribution in [2.45, 2.75) is 25.7 Å². The van der Waals surface area contributed by atoms with Crippen LogP contribution >= 0.6 is 0 Å². The monoisotopic (exact) mass is 316 g/mol. The average Bonchev–Trinajstić information content (AvgIpc) is 2.62. The fraction of sp³-hybridized carbons (Fsp3) is 0.273. The summed E-state index contributed by atoms with van der Waals surface area (Å²) >= 11 is 0.